The van der Waals surface area contributed by atoms with Gasteiger partial charge in [0, 0.05) is 30.2 Å². The lowest BCUT2D eigenvalue weighted by Crippen LogP contribution is -2.31. The van der Waals surface area contributed by atoms with E-state index >= 15 is 0 Å². The van der Waals surface area contributed by atoms with Gasteiger partial charge in [0.2, 0.25) is 15.9 Å². The molecule has 1 amide bonds. The summed E-state index contributed by atoms with van der Waals surface area (Å²) < 4.78 is 27.8. The van der Waals surface area contributed by atoms with Gasteiger partial charge in [0.25, 0.3) is 0 Å². The number of nitrogens with one attached hydrogen (secondary N) is 1. The minimum absolute atomic E-state index is 0.161. The van der Waals surface area contributed by atoms with Crippen molar-refractivity contribution in [3.05, 3.63) is 52.2 Å². The van der Waals surface area contributed by atoms with E-state index in [0.717, 1.165) is 12.8 Å². The molecule has 27 heavy (non-hydrogen) atoms. The lowest BCUT2D eigenvalue weighted by Gasteiger charge is -2.16. The van der Waals surface area contributed by atoms with Crippen LogP contribution in [-0.2, 0) is 21.4 Å². The molecule has 1 fully saturated rings. The number of carbonyl (C=O) groups is 1. The predicted molar refractivity (Wildman–Crippen MR) is 101 cm³/mol. The highest BCUT2D eigenvalue weighted by Gasteiger charge is 2.26. The van der Waals surface area contributed by atoms with Crippen LogP contribution in [0.4, 0.5) is 5.69 Å². The Labute approximate surface area is 157 Å². The molecule has 0 bridgehead atoms. The van der Waals surface area contributed by atoms with Crippen molar-refractivity contribution in [2.24, 2.45) is 0 Å². The molecule has 2 heterocycles. The van der Waals surface area contributed by atoms with Crippen molar-refractivity contribution in [2.45, 2.75) is 38.1 Å². The fourth-order valence-corrected chi connectivity index (χ4v) is 4.62. The average Bonchev–Trinajstić information content (AvgIpc) is 3.14. The molecule has 2 aromatic rings. The van der Waals surface area contributed by atoms with Crippen molar-refractivity contribution >= 4 is 21.6 Å². The van der Waals surface area contributed by atoms with Gasteiger partial charge in [0.15, 0.2) is 0 Å². The Balaban J connectivity index is 1.70. The highest BCUT2D eigenvalue weighted by atomic mass is 32.2. The number of carbonyl (C=O) groups excluding carboxylic acids is 1. The summed E-state index contributed by atoms with van der Waals surface area (Å²) in [4.78, 5) is 28.2. The van der Waals surface area contributed by atoms with Crippen LogP contribution in [-0.4, -0.2) is 41.3 Å². The Morgan fingerprint density at radius 1 is 1.15 bits per heavy atom. The Bertz CT molecular complexity index is 1010. The summed E-state index contributed by atoms with van der Waals surface area (Å²) in [5, 5.41) is 2.67. The minimum atomic E-state index is -3.48. The van der Waals surface area contributed by atoms with Crippen molar-refractivity contribution in [3.8, 4) is 0 Å². The molecule has 1 saturated heterocycles. The predicted octanol–water partition coefficient (Wildman–Crippen LogP) is 1.28. The molecule has 8 nitrogen and oxygen atoms in total. The number of anilines is 1. The average molecular weight is 390 g/mol. The molecule has 1 aromatic heterocycles. The maximum Gasteiger partial charge on any atom is 0.348 e. The summed E-state index contributed by atoms with van der Waals surface area (Å²) in [7, 11) is -3.48. The molecule has 0 aliphatic carbocycles. The fourth-order valence-electron chi connectivity index (χ4n) is 3.10. The van der Waals surface area contributed by atoms with E-state index in [1.54, 1.807) is 32.0 Å². The first-order valence-electron chi connectivity index (χ1n) is 8.72. The van der Waals surface area contributed by atoms with Crippen molar-refractivity contribution in [1.82, 2.24) is 13.9 Å². The van der Waals surface area contributed by atoms with Crippen LogP contribution in [0, 0.1) is 13.8 Å². The molecule has 9 heteroatoms. The van der Waals surface area contributed by atoms with E-state index in [4.69, 9.17) is 0 Å². The molecular formula is C18H22N4O4S. The van der Waals surface area contributed by atoms with E-state index in [0.29, 0.717) is 30.2 Å². The zero-order valence-electron chi connectivity index (χ0n) is 15.3. The van der Waals surface area contributed by atoms with Gasteiger partial charge in [-0.1, -0.05) is 0 Å². The van der Waals surface area contributed by atoms with Crippen molar-refractivity contribution < 1.29 is 13.2 Å². The molecule has 1 N–H and O–H groups in total. The normalized spacial score (nSPS) is 15.0. The molecular weight excluding hydrogens is 368 g/mol. The highest BCUT2D eigenvalue weighted by molar-refractivity contribution is 7.89. The second-order valence-corrected chi connectivity index (χ2v) is 8.53. The molecule has 0 radical (unpaired) electrons. The summed E-state index contributed by atoms with van der Waals surface area (Å²) >= 11 is 0. The highest BCUT2D eigenvalue weighted by Crippen LogP contribution is 2.22. The topological polar surface area (TPSA) is 101 Å². The number of nitrogens with zero attached hydrogens (tertiary/aromatic N) is 3. The van der Waals surface area contributed by atoms with Gasteiger partial charge in [-0.15, -0.1) is 0 Å². The number of sulfonamides is 1. The Kier molecular flexibility index (Phi) is 5.43. The van der Waals surface area contributed by atoms with E-state index in [1.165, 1.54) is 21.0 Å². The van der Waals surface area contributed by atoms with Crippen molar-refractivity contribution in [1.29, 1.82) is 0 Å². The van der Waals surface area contributed by atoms with Gasteiger partial charge in [-0.05, 0) is 57.0 Å². The minimum Gasteiger partial charge on any atom is -0.325 e. The van der Waals surface area contributed by atoms with E-state index in [1.807, 2.05) is 0 Å². The van der Waals surface area contributed by atoms with E-state index < -0.39 is 15.7 Å². The summed E-state index contributed by atoms with van der Waals surface area (Å²) in [5.41, 5.74) is 1.24. The van der Waals surface area contributed by atoms with Crippen LogP contribution >= 0.6 is 0 Å². The van der Waals surface area contributed by atoms with Crippen LogP contribution < -0.4 is 11.0 Å². The number of hydrogen-bond acceptors (Lipinski definition) is 5. The van der Waals surface area contributed by atoms with Crippen LogP contribution in [0.2, 0.25) is 0 Å². The quantitative estimate of drug-likeness (QED) is 0.829. The summed E-state index contributed by atoms with van der Waals surface area (Å²) in [6.45, 7) is 4.38. The van der Waals surface area contributed by atoms with E-state index in [2.05, 4.69) is 10.3 Å². The first-order chi connectivity index (χ1) is 12.8. The lowest BCUT2D eigenvalue weighted by molar-refractivity contribution is -0.116. The second-order valence-electron chi connectivity index (χ2n) is 6.59. The molecule has 144 valence electrons. The largest absolute Gasteiger partial charge is 0.348 e. The van der Waals surface area contributed by atoms with Crippen molar-refractivity contribution in [2.75, 3.05) is 18.4 Å². The van der Waals surface area contributed by atoms with Crippen LogP contribution in [0.3, 0.4) is 0 Å². The summed E-state index contributed by atoms with van der Waals surface area (Å²) in [6.07, 6.45) is 1.75. The first-order valence-corrected chi connectivity index (χ1v) is 10.2. The number of amides is 1. The Morgan fingerprint density at radius 3 is 2.37 bits per heavy atom. The van der Waals surface area contributed by atoms with Gasteiger partial charge in [-0.25, -0.2) is 13.2 Å². The summed E-state index contributed by atoms with van der Waals surface area (Å²) in [6, 6.07) is 7.78. The van der Waals surface area contributed by atoms with Crippen LogP contribution in [0.1, 0.15) is 24.2 Å². The maximum atomic E-state index is 12.5. The number of aryl methyl sites for hydroxylation is 2. The third-order valence-electron chi connectivity index (χ3n) is 4.49. The van der Waals surface area contributed by atoms with Gasteiger partial charge in [-0.2, -0.15) is 9.29 Å². The molecule has 0 unspecified atom stereocenters. The standard InChI is InChI=1S/C18H22N4O4S/c1-13-11-14(2)22(18(24)19-13)12-17(23)20-15-5-7-16(8-6-15)27(25,26)21-9-3-4-10-21/h5-8,11H,3-4,9-10,12H2,1-2H3,(H,20,23). The number of aromatic nitrogens is 2. The van der Waals surface area contributed by atoms with Crippen LogP contribution in [0.15, 0.2) is 40.0 Å². The zero-order valence-corrected chi connectivity index (χ0v) is 16.1. The molecule has 0 saturated carbocycles. The van der Waals surface area contributed by atoms with Gasteiger partial charge < -0.3 is 5.32 Å². The number of hydrogen-bond donors (Lipinski definition) is 1. The van der Waals surface area contributed by atoms with E-state index in [-0.39, 0.29) is 17.3 Å². The van der Waals surface area contributed by atoms with Gasteiger partial charge >= 0.3 is 5.69 Å². The zero-order chi connectivity index (χ0) is 19.6. The lowest BCUT2D eigenvalue weighted by atomic mass is 10.3. The Morgan fingerprint density at radius 2 is 1.78 bits per heavy atom. The van der Waals surface area contributed by atoms with Gasteiger partial charge in [0.1, 0.15) is 6.54 Å². The summed E-state index contributed by atoms with van der Waals surface area (Å²) in [5.74, 6) is -0.388. The number of rotatable bonds is 5. The third kappa shape index (κ3) is 4.25. The SMILES string of the molecule is Cc1cc(C)n(CC(=O)Nc2ccc(S(=O)(=O)N3CCCC3)cc2)c(=O)n1. The molecule has 0 atom stereocenters. The molecule has 1 aromatic carbocycles. The first kappa shape index (κ1) is 19.2. The Hall–Kier alpha value is -2.52. The van der Waals surface area contributed by atoms with E-state index in [9.17, 15) is 18.0 Å². The van der Waals surface area contributed by atoms with Crippen LogP contribution in [0.25, 0.3) is 0 Å². The van der Waals surface area contributed by atoms with Crippen LogP contribution in [0.5, 0.6) is 0 Å². The fraction of sp³-hybridized carbons (Fsp3) is 0.389. The molecule has 3 rings (SSSR count). The molecule has 1 aliphatic rings. The van der Waals surface area contributed by atoms with Gasteiger partial charge in [0.05, 0.1) is 4.90 Å². The number of benzene rings is 1. The second kappa shape index (κ2) is 7.61. The molecule has 1 aliphatic heterocycles. The van der Waals surface area contributed by atoms with Crippen molar-refractivity contribution in [3.63, 3.8) is 0 Å². The molecule has 0 spiro atoms. The smallest absolute Gasteiger partial charge is 0.325 e. The third-order valence-corrected chi connectivity index (χ3v) is 6.40. The monoisotopic (exact) mass is 390 g/mol. The van der Waals surface area contributed by atoms with Gasteiger partial charge in [-0.3, -0.25) is 9.36 Å². The maximum absolute atomic E-state index is 12.5.